The average molecular weight is 449 g/mol. The zero-order valence-electron chi connectivity index (χ0n) is 14.1. The maximum atomic E-state index is 12.5. The van der Waals surface area contributed by atoms with E-state index in [4.69, 9.17) is 5.11 Å². The van der Waals surface area contributed by atoms with Crippen molar-refractivity contribution in [3.63, 3.8) is 0 Å². The molecule has 0 saturated carbocycles. The summed E-state index contributed by atoms with van der Waals surface area (Å²) in [7, 11) is 0. The molecule has 3 rings (SSSR count). The molecule has 9 nitrogen and oxygen atoms in total. The number of aliphatic carboxylic acids is 1. The minimum absolute atomic E-state index is 0.0153. The SMILES string of the molecule is CSCC(=O)NC1C(=O)N2C(C(=O)O)=C(CSc3nnc(CO)s3)CS[C@@H]12. The van der Waals surface area contributed by atoms with Gasteiger partial charge in [-0.2, -0.15) is 11.8 Å². The summed E-state index contributed by atoms with van der Waals surface area (Å²) in [6.45, 7) is -0.190. The van der Waals surface area contributed by atoms with E-state index in [2.05, 4.69) is 15.5 Å². The number of thioether (sulfide) groups is 3. The molecule has 1 saturated heterocycles. The molecule has 1 fully saturated rings. The molecule has 0 aliphatic carbocycles. The van der Waals surface area contributed by atoms with Crippen molar-refractivity contribution in [1.82, 2.24) is 20.4 Å². The topological polar surface area (TPSA) is 133 Å². The van der Waals surface area contributed by atoms with Crippen LogP contribution < -0.4 is 5.32 Å². The van der Waals surface area contributed by atoms with Gasteiger partial charge in [-0.1, -0.05) is 23.1 Å². The molecule has 0 radical (unpaired) electrons. The summed E-state index contributed by atoms with van der Waals surface area (Å²) in [6.07, 6.45) is 1.79. The summed E-state index contributed by atoms with van der Waals surface area (Å²) in [5.74, 6) is -0.744. The lowest BCUT2D eigenvalue weighted by Gasteiger charge is -2.49. The van der Waals surface area contributed by atoms with E-state index in [-0.39, 0.29) is 24.0 Å². The van der Waals surface area contributed by atoms with Crippen LogP contribution in [0.1, 0.15) is 5.01 Å². The molecular weight excluding hydrogens is 432 g/mol. The highest BCUT2D eigenvalue weighted by atomic mass is 32.2. The molecular formula is C14H16N4O5S4. The van der Waals surface area contributed by atoms with Gasteiger partial charge in [0.25, 0.3) is 5.91 Å². The number of hydrogen-bond donors (Lipinski definition) is 3. The third kappa shape index (κ3) is 4.26. The Morgan fingerprint density at radius 3 is 2.81 bits per heavy atom. The number of aromatic nitrogens is 2. The molecule has 27 heavy (non-hydrogen) atoms. The van der Waals surface area contributed by atoms with Crippen molar-refractivity contribution in [2.24, 2.45) is 0 Å². The summed E-state index contributed by atoms with van der Waals surface area (Å²) >= 11 is 5.35. The first kappa shape index (κ1) is 20.5. The Labute approximate surface area is 171 Å². The second-order valence-electron chi connectivity index (χ2n) is 5.55. The van der Waals surface area contributed by atoms with E-state index in [1.807, 2.05) is 0 Å². The quantitative estimate of drug-likeness (QED) is 0.375. The van der Waals surface area contributed by atoms with Gasteiger partial charge >= 0.3 is 5.97 Å². The highest BCUT2D eigenvalue weighted by Gasteiger charge is 2.54. The van der Waals surface area contributed by atoms with Crippen molar-refractivity contribution in [2.75, 3.05) is 23.5 Å². The zero-order valence-corrected chi connectivity index (χ0v) is 17.3. The summed E-state index contributed by atoms with van der Waals surface area (Å²) in [5.41, 5.74) is 0.607. The molecule has 2 amide bonds. The molecule has 146 valence electrons. The minimum atomic E-state index is -1.16. The number of hydrogen-bond acceptors (Lipinski definition) is 10. The molecule has 0 bridgehead atoms. The normalized spacial score (nSPS) is 21.7. The van der Waals surface area contributed by atoms with Gasteiger partial charge in [0.05, 0.1) is 12.4 Å². The Morgan fingerprint density at radius 2 is 2.19 bits per heavy atom. The predicted octanol–water partition coefficient (Wildman–Crippen LogP) is 0.224. The van der Waals surface area contributed by atoms with Crippen LogP contribution in [0.2, 0.25) is 0 Å². The Balaban J connectivity index is 1.71. The smallest absolute Gasteiger partial charge is 0.352 e. The van der Waals surface area contributed by atoms with Gasteiger partial charge in [-0.05, 0) is 11.8 Å². The number of carboxylic acid groups (broad SMARTS) is 1. The van der Waals surface area contributed by atoms with Gasteiger partial charge in [-0.3, -0.25) is 14.5 Å². The predicted molar refractivity (Wildman–Crippen MR) is 105 cm³/mol. The van der Waals surface area contributed by atoms with Crippen molar-refractivity contribution in [2.45, 2.75) is 22.4 Å². The number of nitrogens with one attached hydrogen (secondary N) is 1. The van der Waals surface area contributed by atoms with Gasteiger partial charge in [-0.15, -0.1) is 22.0 Å². The standard InChI is InChI=1S/C14H16N4O5S4/c1-24-5-7(20)15-9-11(21)18-10(13(22)23)6(3-25-12(9)18)4-26-14-17-16-8(2-19)27-14/h9,12,19H,2-5H2,1H3,(H,15,20)(H,22,23)/t9?,12-/m0/s1. The molecule has 1 aromatic heterocycles. The number of carbonyl (C=O) groups is 3. The van der Waals surface area contributed by atoms with Crippen LogP contribution in [-0.4, -0.2) is 78.0 Å². The van der Waals surface area contributed by atoms with E-state index >= 15 is 0 Å². The fourth-order valence-electron chi connectivity index (χ4n) is 2.65. The van der Waals surface area contributed by atoms with Crippen LogP contribution in [-0.2, 0) is 21.0 Å². The average Bonchev–Trinajstić information content (AvgIpc) is 3.11. The number of carbonyl (C=O) groups excluding carboxylic acids is 2. The van der Waals surface area contributed by atoms with Crippen LogP contribution in [0, 0.1) is 0 Å². The molecule has 1 aromatic rings. The van der Waals surface area contributed by atoms with Gasteiger partial charge in [0, 0.05) is 11.5 Å². The van der Waals surface area contributed by atoms with Gasteiger partial charge in [0.2, 0.25) is 5.91 Å². The molecule has 2 atom stereocenters. The third-order valence-corrected chi connectivity index (χ3v) is 7.81. The number of aliphatic hydroxyl groups is 1. The first-order valence-electron chi connectivity index (χ1n) is 7.70. The Morgan fingerprint density at radius 1 is 1.41 bits per heavy atom. The molecule has 0 aromatic carbocycles. The number of nitrogens with zero attached hydrogens (tertiary/aromatic N) is 3. The van der Waals surface area contributed by atoms with Crippen LogP contribution >= 0.6 is 46.6 Å². The van der Waals surface area contributed by atoms with Crippen molar-refractivity contribution in [3.8, 4) is 0 Å². The van der Waals surface area contributed by atoms with Crippen LogP contribution in [0.15, 0.2) is 15.6 Å². The van der Waals surface area contributed by atoms with E-state index in [1.54, 1.807) is 6.26 Å². The van der Waals surface area contributed by atoms with Crippen molar-refractivity contribution in [3.05, 3.63) is 16.3 Å². The second-order valence-corrected chi connectivity index (χ2v) is 9.81. The number of β-lactam (4-membered cyclic amide) rings is 1. The molecule has 1 unspecified atom stereocenters. The van der Waals surface area contributed by atoms with E-state index in [1.165, 1.54) is 51.5 Å². The van der Waals surface area contributed by atoms with Gasteiger partial charge in [0.1, 0.15) is 22.1 Å². The molecule has 0 spiro atoms. The number of carboxylic acids is 1. The second kappa shape index (κ2) is 8.82. The van der Waals surface area contributed by atoms with Crippen molar-refractivity contribution >= 4 is 64.4 Å². The Bertz CT molecular complexity index is 798. The first-order chi connectivity index (χ1) is 13.0. The summed E-state index contributed by atoms with van der Waals surface area (Å²) in [6, 6.07) is -0.687. The van der Waals surface area contributed by atoms with Crippen LogP contribution in [0.25, 0.3) is 0 Å². The molecule has 3 heterocycles. The van der Waals surface area contributed by atoms with Gasteiger partial charge < -0.3 is 15.5 Å². The van der Waals surface area contributed by atoms with Crippen LogP contribution in [0.3, 0.4) is 0 Å². The van der Waals surface area contributed by atoms with E-state index in [9.17, 15) is 19.5 Å². The maximum Gasteiger partial charge on any atom is 0.352 e. The summed E-state index contributed by atoms with van der Waals surface area (Å²) < 4.78 is 0.626. The fourth-order valence-corrected chi connectivity index (χ4v) is 6.24. The summed E-state index contributed by atoms with van der Waals surface area (Å²) in [5, 5.41) is 29.2. The molecule has 2 aliphatic heterocycles. The lowest BCUT2D eigenvalue weighted by atomic mass is 10.0. The Hall–Kier alpha value is -1.28. The monoisotopic (exact) mass is 448 g/mol. The number of fused-ring (bicyclic) bond motifs is 1. The number of aliphatic hydroxyl groups excluding tert-OH is 1. The third-order valence-electron chi connectivity index (χ3n) is 3.80. The zero-order chi connectivity index (χ0) is 19.6. The van der Waals surface area contributed by atoms with E-state index < -0.39 is 23.3 Å². The van der Waals surface area contributed by atoms with E-state index in [0.717, 1.165) is 0 Å². The number of rotatable bonds is 8. The van der Waals surface area contributed by atoms with Crippen LogP contribution in [0.4, 0.5) is 0 Å². The van der Waals surface area contributed by atoms with Gasteiger partial charge in [0.15, 0.2) is 4.34 Å². The highest BCUT2D eigenvalue weighted by molar-refractivity contribution is 8.01. The van der Waals surface area contributed by atoms with E-state index in [0.29, 0.717) is 26.4 Å². The first-order valence-corrected chi connectivity index (χ1v) is 11.9. The minimum Gasteiger partial charge on any atom is -0.477 e. The molecule has 3 N–H and O–H groups in total. The number of amides is 2. The summed E-state index contributed by atoms with van der Waals surface area (Å²) in [4.78, 5) is 37.2. The lowest BCUT2D eigenvalue weighted by molar-refractivity contribution is -0.150. The van der Waals surface area contributed by atoms with Crippen LogP contribution in [0.5, 0.6) is 0 Å². The largest absolute Gasteiger partial charge is 0.477 e. The highest BCUT2D eigenvalue weighted by Crippen LogP contribution is 2.41. The molecule has 13 heteroatoms. The lowest BCUT2D eigenvalue weighted by Crippen LogP contribution is -2.70. The molecule has 2 aliphatic rings. The van der Waals surface area contributed by atoms with Gasteiger partial charge in [-0.25, -0.2) is 4.79 Å². The Kier molecular flexibility index (Phi) is 6.68. The van der Waals surface area contributed by atoms with Crippen molar-refractivity contribution in [1.29, 1.82) is 0 Å². The fraction of sp³-hybridized carbons (Fsp3) is 0.500. The van der Waals surface area contributed by atoms with Crippen molar-refractivity contribution < 1.29 is 24.6 Å². The maximum absolute atomic E-state index is 12.5.